The molecule has 0 aromatic carbocycles. The van der Waals surface area contributed by atoms with Crippen molar-refractivity contribution in [3.63, 3.8) is 0 Å². The second-order valence-electron chi connectivity index (χ2n) is 6.15. The lowest BCUT2D eigenvalue weighted by atomic mass is 9.97. The highest BCUT2D eigenvalue weighted by Gasteiger charge is 2.37. The van der Waals surface area contributed by atoms with Crippen molar-refractivity contribution in [2.45, 2.75) is 38.5 Å². The van der Waals surface area contributed by atoms with Crippen LogP contribution in [-0.2, 0) is 9.59 Å². The summed E-state index contributed by atoms with van der Waals surface area (Å²) in [6, 6.07) is 0. The van der Waals surface area contributed by atoms with Gasteiger partial charge in [0.1, 0.15) is 0 Å². The van der Waals surface area contributed by atoms with Crippen LogP contribution in [0.4, 0.5) is 0 Å². The number of rotatable bonds is 4. The average Bonchev–Trinajstić information content (AvgIpc) is 3.29. The monoisotopic (exact) mass is 263 g/mol. The summed E-state index contributed by atoms with van der Waals surface area (Å²) in [6.45, 7) is 1.09. The van der Waals surface area contributed by atoms with E-state index >= 15 is 0 Å². The minimum absolute atomic E-state index is 0.0414. The van der Waals surface area contributed by atoms with Crippen molar-refractivity contribution in [1.82, 2.24) is 4.90 Å². The van der Waals surface area contributed by atoms with Crippen LogP contribution in [0.15, 0.2) is 11.6 Å². The Kier molecular flexibility index (Phi) is 3.33. The van der Waals surface area contributed by atoms with E-state index in [1.165, 1.54) is 31.3 Å². The van der Waals surface area contributed by atoms with E-state index in [-0.39, 0.29) is 11.8 Å². The Hall–Kier alpha value is -1.32. The molecule has 3 rings (SSSR count). The van der Waals surface area contributed by atoms with E-state index in [4.69, 9.17) is 5.11 Å². The fourth-order valence-electron chi connectivity index (χ4n) is 3.02. The molecule has 1 atom stereocenters. The van der Waals surface area contributed by atoms with Crippen molar-refractivity contribution in [3.05, 3.63) is 11.6 Å². The summed E-state index contributed by atoms with van der Waals surface area (Å²) in [4.78, 5) is 25.1. The van der Waals surface area contributed by atoms with Crippen LogP contribution in [0.5, 0.6) is 0 Å². The standard InChI is InChI=1S/C15H21NO3/c17-14(8-13(10-3-4-10)11-5-6-11)16-7-1-2-12(9-16)15(18)19/h8,10-12H,1-7,9H2,(H,18,19). The molecule has 2 saturated carbocycles. The van der Waals surface area contributed by atoms with Crippen LogP contribution in [-0.4, -0.2) is 35.0 Å². The van der Waals surface area contributed by atoms with E-state index in [1.54, 1.807) is 4.90 Å². The molecule has 1 aliphatic heterocycles. The summed E-state index contributed by atoms with van der Waals surface area (Å²) in [5.41, 5.74) is 1.35. The highest BCUT2D eigenvalue weighted by Crippen LogP contribution is 2.48. The maximum Gasteiger partial charge on any atom is 0.308 e. The van der Waals surface area contributed by atoms with Gasteiger partial charge in [-0.25, -0.2) is 0 Å². The Labute approximate surface area is 113 Å². The fraction of sp³-hybridized carbons (Fsp3) is 0.733. The zero-order chi connectivity index (χ0) is 13.4. The van der Waals surface area contributed by atoms with Crippen molar-refractivity contribution in [3.8, 4) is 0 Å². The van der Waals surface area contributed by atoms with Crippen LogP contribution in [0.3, 0.4) is 0 Å². The third-order valence-corrected chi connectivity index (χ3v) is 4.47. The number of amides is 1. The number of carboxylic acids is 1. The lowest BCUT2D eigenvalue weighted by molar-refractivity contribution is -0.144. The molecule has 4 heteroatoms. The number of hydrogen-bond acceptors (Lipinski definition) is 2. The zero-order valence-corrected chi connectivity index (χ0v) is 11.2. The molecule has 1 heterocycles. The summed E-state index contributed by atoms with van der Waals surface area (Å²) >= 11 is 0. The SMILES string of the molecule is O=C(O)C1CCCN(C(=O)C=C(C2CC2)C2CC2)C1. The zero-order valence-electron chi connectivity index (χ0n) is 11.2. The molecule has 1 N–H and O–H groups in total. The first-order valence-corrected chi connectivity index (χ1v) is 7.38. The number of likely N-dealkylation sites (tertiary alicyclic amines) is 1. The van der Waals surface area contributed by atoms with Crippen molar-refractivity contribution in [1.29, 1.82) is 0 Å². The molecule has 0 aromatic rings. The minimum atomic E-state index is -0.772. The van der Waals surface area contributed by atoms with Gasteiger partial charge in [0.15, 0.2) is 0 Å². The van der Waals surface area contributed by atoms with Crippen molar-refractivity contribution in [2.24, 2.45) is 17.8 Å². The first kappa shape index (κ1) is 12.7. The molecule has 0 spiro atoms. The Bertz CT molecular complexity index is 407. The van der Waals surface area contributed by atoms with Crippen LogP contribution >= 0.6 is 0 Å². The Morgan fingerprint density at radius 3 is 2.16 bits per heavy atom. The predicted octanol–water partition coefficient (Wildman–Crippen LogP) is 2.06. The molecule has 1 unspecified atom stereocenters. The number of piperidine rings is 1. The number of hydrogen-bond donors (Lipinski definition) is 1. The van der Waals surface area contributed by atoms with Crippen LogP contribution < -0.4 is 0 Å². The number of nitrogens with zero attached hydrogens (tertiary/aromatic N) is 1. The largest absolute Gasteiger partial charge is 0.481 e. The minimum Gasteiger partial charge on any atom is -0.481 e. The van der Waals surface area contributed by atoms with E-state index in [0.29, 0.717) is 31.3 Å². The topological polar surface area (TPSA) is 57.6 Å². The summed E-state index contributed by atoms with van der Waals surface area (Å²) in [6.07, 6.45) is 8.25. The van der Waals surface area contributed by atoms with Gasteiger partial charge in [-0.1, -0.05) is 5.57 Å². The number of carbonyl (C=O) groups excluding carboxylic acids is 1. The van der Waals surface area contributed by atoms with E-state index in [2.05, 4.69) is 0 Å². The summed E-state index contributed by atoms with van der Waals surface area (Å²) < 4.78 is 0. The molecule has 3 aliphatic rings. The van der Waals surface area contributed by atoms with Crippen LogP contribution in [0.2, 0.25) is 0 Å². The molecule has 1 saturated heterocycles. The smallest absolute Gasteiger partial charge is 0.308 e. The molecule has 2 aliphatic carbocycles. The molecule has 0 aromatic heterocycles. The Morgan fingerprint density at radius 2 is 1.63 bits per heavy atom. The van der Waals surface area contributed by atoms with E-state index < -0.39 is 5.97 Å². The number of carboxylic acid groups (broad SMARTS) is 1. The van der Waals surface area contributed by atoms with Crippen LogP contribution in [0.1, 0.15) is 38.5 Å². The normalized spacial score (nSPS) is 26.9. The summed E-state index contributed by atoms with van der Waals surface area (Å²) in [5, 5.41) is 9.06. The van der Waals surface area contributed by atoms with Gasteiger partial charge >= 0.3 is 5.97 Å². The van der Waals surface area contributed by atoms with E-state index in [0.717, 1.165) is 6.42 Å². The molecule has 19 heavy (non-hydrogen) atoms. The third kappa shape index (κ3) is 2.99. The number of aliphatic carboxylic acids is 1. The second kappa shape index (κ2) is 4.99. The van der Waals surface area contributed by atoms with Gasteiger partial charge in [-0.05, 0) is 50.4 Å². The Balaban J connectivity index is 1.65. The molecule has 1 amide bonds. The van der Waals surface area contributed by atoms with Gasteiger partial charge in [-0.3, -0.25) is 9.59 Å². The lowest BCUT2D eigenvalue weighted by Gasteiger charge is -2.30. The third-order valence-electron chi connectivity index (χ3n) is 4.47. The van der Waals surface area contributed by atoms with Gasteiger partial charge in [0.05, 0.1) is 5.92 Å². The van der Waals surface area contributed by atoms with Crippen molar-refractivity contribution >= 4 is 11.9 Å². The van der Waals surface area contributed by atoms with Gasteiger partial charge in [0.2, 0.25) is 5.91 Å². The molecule has 0 bridgehead atoms. The van der Waals surface area contributed by atoms with Gasteiger partial charge in [0.25, 0.3) is 0 Å². The molecular weight excluding hydrogens is 242 g/mol. The first-order chi connectivity index (χ1) is 9.15. The molecule has 4 nitrogen and oxygen atoms in total. The first-order valence-electron chi connectivity index (χ1n) is 7.38. The van der Waals surface area contributed by atoms with Crippen molar-refractivity contribution < 1.29 is 14.7 Å². The van der Waals surface area contributed by atoms with Crippen LogP contribution in [0, 0.1) is 17.8 Å². The van der Waals surface area contributed by atoms with Crippen LogP contribution in [0.25, 0.3) is 0 Å². The highest BCUT2D eigenvalue weighted by atomic mass is 16.4. The van der Waals surface area contributed by atoms with Gasteiger partial charge in [0, 0.05) is 19.2 Å². The molecular formula is C15H21NO3. The molecule has 0 radical (unpaired) electrons. The molecule has 3 fully saturated rings. The lowest BCUT2D eigenvalue weighted by Crippen LogP contribution is -2.41. The van der Waals surface area contributed by atoms with Gasteiger partial charge in [-0.15, -0.1) is 0 Å². The van der Waals surface area contributed by atoms with Gasteiger partial charge < -0.3 is 10.0 Å². The highest BCUT2D eigenvalue weighted by molar-refractivity contribution is 5.89. The predicted molar refractivity (Wildman–Crippen MR) is 70.5 cm³/mol. The van der Waals surface area contributed by atoms with Crippen molar-refractivity contribution in [2.75, 3.05) is 13.1 Å². The molecule has 104 valence electrons. The summed E-state index contributed by atoms with van der Waals surface area (Å²) in [7, 11) is 0. The maximum atomic E-state index is 12.3. The van der Waals surface area contributed by atoms with Gasteiger partial charge in [-0.2, -0.15) is 0 Å². The average molecular weight is 263 g/mol. The van der Waals surface area contributed by atoms with E-state index in [1.807, 2.05) is 6.08 Å². The quantitative estimate of drug-likeness (QED) is 0.790. The second-order valence-corrected chi connectivity index (χ2v) is 6.15. The number of carbonyl (C=O) groups is 2. The summed E-state index contributed by atoms with van der Waals surface area (Å²) in [5.74, 6) is 0.190. The van der Waals surface area contributed by atoms with E-state index in [9.17, 15) is 9.59 Å². The maximum absolute atomic E-state index is 12.3. The number of allylic oxidation sites excluding steroid dienone is 1. The fourth-order valence-corrected chi connectivity index (χ4v) is 3.02. The Morgan fingerprint density at radius 1 is 1.00 bits per heavy atom.